The Morgan fingerprint density at radius 3 is 1.61 bits per heavy atom. The summed E-state index contributed by atoms with van der Waals surface area (Å²) < 4.78 is 6.22. The summed E-state index contributed by atoms with van der Waals surface area (Å²) in [6, 6.07) is 22.2. The van der Waals surface area contributed by atoms with Crippen molar-refractivity contribution in [2.24, 2.45) is 0 Å². The van der Waals surface area contributed by atoms with Crippen molar-refractivity contribution in [3.8, 4) is 0 Å². The van der Waals surface area contributed by atoms with E-state index >= 15 is 0 Å². The lowest BCUT2D eigenvalue weighted by Crippen LogP contribution is -2.29. The summed E-state index contributed by atoms with van der Waals surface area (Å²) in [7, 11) is 0. The van der Waals surface area contributed by atoms with Crippen molar-refractivity contribution >= 4 is 23.0 Å². The van der Waals surface area contributed by atoms with Gasteiger partial charge in [0, 0.05) is 53.4 Å². The summed E-state index contributed by atoms with van der Waals surface area (Å²) >= 11 is 0. The molecule has 0 atom stereocenters. The van der Waals surface area contributed by atoms with E-state index < -0.39 is 5.60 Å². The van der Waals surface area contributed by atoms with Crippen molar-refractivity contribution in [3.05, 3.63) is 89.0 Å². The molecule has 0 aliphatic carbocycles. The molecule has 3 N–H and O–H groups in total. The molecule has 0 spiro atoms. The van der Waals surface area contributed by atoms with Crippen LogP contribution in [-0.2, 0) is 10.3 Å². The van der Waals surface area contributed by atoms with E-state index in [4.69, 9.17) is 4.74 Å². The van der Waals surface area contributed by atoms with Gasteiger partial charge in [-0.05, 0) is 57.2 Å². The Bertz CT molecular complexity index is 1010. The number of hydrogen-bond donors (Lipinski definition) is 3. The lowest BCUT2D eigenvalue weighted by atomic mass is 9.79. The molecule has 5 nitrogen and oxygen atoms in total. The van der Waals surface area contributed by atoms with Gasteiger partial charge in [-0.3, -0.25) is 0 Å². The number of fused-ring (bicyclic) bond motifs is 1. The summed E-state index contributed by atoms with van der Waals surface area (Å²) in [5.41, 5.74) is 5.33. The van der Waals surface area contributed by atoms with Gasteiger partial charge in [-0.1, -0.05) is 30.3 Å². The SMILES string of the molecule is CCNc1ccc(C2(c3ccc(NCC)cc3)OC(=O)c3cc(NCC)ccc32)cc1. The molecule has 1 aliphatic heterocycles. The third kappa shape index (κ3) is 3.72. The molecule has 0 saturated carbocycles. The second-order valence-electron chi connectivity index (χ2n) is 7.58. The molecule has 0 bridgehead atoms. The average molecular weight is 416 g/mol. The fourth-order valence-corrected chi connectivity index (χ4v) is 4.23. The third-order valence-electron chi connectivity index (χ3n) is 5.59. The number of anilines is 3. The van der Waals surface area contributed by atoms with Crippen LogP contribution in [0.25, 0.3) is 0 Å². The summed E-state index contributed by atoms with van der Waals surface area (Å²) in [6.07, 6.45) is 0. The van der Waals surface area contributed by atoms with Crippen LogP contribution >= 0.6 is 0 Å². The number of carbonyl (C=O) groups excluding carboxylic acids is 1. The van der Waals surface area contributed by atoms with Crippen LogP contribution in [0.3, 0.4) is 0 Å². The summed E-state index contributed by atoms with van der Waals surface area (Å²) in [5.74, 6) is -0.304. The fraction of sp³-hybridized carbons (Fsp3) is 0.269. The van der Waals surface area contributed by atoms with Crippen molar-refractivity contribution in [2.75, 3.05) is 35.6 Å². The van der Waals surface area contributed by atoms with E-state index in [1.807, 2.05) is 73.7 Å². The highest BCUT2D eigenvalue weighted by atomic mass is 16.6. The average Bonchev–Trinajstić information content (AvgIpc) is 3.08. The van der Waals surface area contributed by atoms with Gasteiger partial charge in [0.1, 0.15) is 0 Å². The van der Waals surface area contributed by atoms with Crippen molar-refractivity contribution in [1.82, 2.24) is 0 Å². The predicted molar refractivity (Wildman–Crippen MR) is 127 cm³/mol. The second-order valence-corrected chi connectivity index (χ2v) is 7.58. The molecular weight excluding hydrogens is 386 g/mol. The lowest BCUT2D eigenvalue weighted by molar-refractivity contribution is 0.0251. The molecule has 4 rings (SSSR count). The Kier molecular flexibility index (Phi) is 5.85. The maximum atomic E-state index is 13.0. The Morgan fingerprint density at radius 1 is 0.677 bits per heavy atom. The molecular formula is C26H29N3O2. The monoisotopic (exact) mass is 415 g/mol. The first-order chi connectivity index (χ1) is 15.1. The second kappa shape index (κ2) is 8.72. The number of ether oxygens (including phenoxy) is 1. The van der Waals surface area contributed by atoms with Crippen molar-refractivity contribution < 1.29 is 9.53 Å². The zero-order valence-electron chi connectivity index (χ0n) is 18.3. The third-order valence-corrected chi connectivity index (χ3v) is 5.59. The van der Waals surface area contributed by atoms with Gasteiger partial charge in [-0.25, -0.2) is 4.79 Å². The number of esters is 1. The lowest BCUT2D eigenvalue weighted by Gasteiger charge is -2.30. The molecule has 3 aromatic carbocycles. The quantitative estimate of drug-likeness (QED) is 0.427. The molecule has 160 valence electrons. The minimum atomic E-state index is -0.980. The summed E-state index contributed by atoms with van der Waals surface area (Å²) in [6.45, 7) is 8.66. The maximum Gasteiger partial charge on any atom is 0.340 e. The van der Waals surface area contributed by atoms with E-state index in [9.17, 15) is 4.79 Å². The fourth-order valence-electron chi connectivity index (χ4n) is 4.23. The van der Waals surface area contributed by atoms with Crippen molar-refractivity contribution in [2.45, 2.75) is 26.4 Å². The highest BCUT2D eigenvalue weighted by Gasteiger charge is 2.48. The standard InChI is InChI=1S/C26H29N3O2/c1-4-27-20-11-7-18(8-12-20)26(19-9-13-21(14-10-19)28-5-2)24-16-15-22(29-6-3)17-23(24)25(30)31-26/h7-17,27-29H,4-6H2,1-3H3. The Hall–Kier alpha value is -3.47. The molecule has 31 heavy (non-hydrogen) atoms. The molecule has 0 aromatic heterocycles. The van der Waals surface area contributed by atoms with Gasteiger partial charge < -0.3 is 20.7 Å². The van der Waals surface area contributed by atoms with Gasteiger partial charge >= 0.3 is 5.97 Å². The van der Waals surface area contributed by atoms with Gasteiger partial charge in [0.15, 0.2) is 5.60 Å². The Labute approximate surface area is 183 Å². The van der Waals surface area contributed by atoms with Crippen molar-refractivity contribution in [3.63, 3.8) is 0 Å². The molecule has 0 amide bonds. The first-order valence-electron chi connectivity index (χ1n) is 10.9. The van der Waals surface area contributed by atoms with E-state index in [0.717, 1.165) is 53.4 Å². The van der Waals surface area contributed by atoms with E-state index in [1.54, 1.807) is 0 Å². The van der Waals surface area contributed by atoms with Gasteiger partial charge in [0.05, 0.1) is 5.56 Å². The zero-order chi connectivity index (χ0) is 21.8. The van der Waals surface area contributed by atoms with Crippen LogP contribution in [0.1, 0.15) is 47.8 Å². The van der Waals surface area contributed by atoms with Gasteiger partial charge in [0.25, 0.3) is 0 Å². The van der Waals surface area contributed by atoms with Crippen LogP contribution in [0.2, 0.25) is 0 Å². The van der Waals surface area contributed by atoms with Crippen LogP contribution in [0, 0.1) is 0 Å². The molecule has 1 heterocycles. The molecule has 5 heteroatoms. The number of hydrogen-bond acceptors (Lipinski definition) is 5. The van der Waals surface area contributed by atoms with Crippen LogP contribution in [-0.4, -0.2) is 25.6 Å². The van der Waals surface area contributed by atoms with Gasteiger partial charge in [0.2, 0.25) is 0 Å². The minimum absolute atomic E-state index is 0.304. The maximum absolute atomic E-state index is 13.0. The molecule has 1 aliphatic rings. The number of cyclic esters (lactones) is 1. The smallest absolute Gasteiger partial charge is 0.340 e. The van der Waals surface area contributed by atoms with Crippen LogP contribution in [0.5, 0.6) is 0 Å². The molecule has 0 unspecified atom stereocenters. The number of benzene rings is 3. The summed E-state index contributed by atoms with van der Waals surface area (Å²) in [4.78, 5) is 13.0. The first kappa shape index (κ1) is 20.8. The van der Waals surface area contributed by atoms with E-state index in [1.165, 1.54) is 0 Å². The molecule has 0 saturated heterocycles. The van der Waals surface area contributed by atoms with Crippen LogP contribution in [0.4, 0.5) is 17.1 Å². The molecule has 3 aromatic rings. The van der Waals surface area contributed by atoms with Gasteiger partial charge in [-0.2, -0.15) is 0 Å². The zero-order valence-corrected chi connectivity index (χ0v) is 18.3. The van der Waals surface area contributed by atoms with E-state index in [0.29, 0.717) is 5.56 Å². The Morgan fingerprint density at radius 2 is 1.13 bits per heavy atom. The topological polar surface area (TPSA) is 62.4 Å². The van der Waals surface area contributed by atoms with Crippen LogP contribution < -0.4 is 16.0 Å². The largest absolute Gasteiger partial charge is 0.441 e. The Balaban J connectivity index is 1.88. The first-order valence-corrected chi connectivity index (χ1v) is 10.9. The van der Waals surface area contributed by atoms with E-state index in [2.05, 4.69) is 29.8 Å². The number of nitrogens with one attached hydrogen (secondary N) is 3. The van der Waals surface area contributed by atoms with Gasteiger partial charge in [-0.15, -0.1) is 0 Å². The highest BCUT2D eigenvalue weighted by Crippen LogP contribution is 2.48. The normalized spacial score (nSPS) is 14.0. The number of carbonyl (C=O) groups is 1. The molecule has 0 radical (unpaired) electrons. The van der Waals surface area contributed by atoms with E-state index in [-0.39, 0.29) is 5.97 Å². The highest BCUT2D eigenvalue weighted by molar-refractivity contribution is 5.97. The van der Waals surface area contributed by atoms with Crippen LogP contribution in [0.15, 0.2) is 66.7 Å². The number of rotatable bonds is 8. The predicted octanol–water partition coefficient (Wildman–Crippen LogP) is 5.44. The summed E-state index contributed by atoms with van der Waals surface area (Å²) in [5, 5.41) is 9.93. The van der Waals surface area contributed by atoms with Crippen molar-refractivity contribution in [1.29, 1.82) is 0 Å². The molecule has 0 fully saturated rings. The minimum Gasteiger partial charge on any atom is -0.441 e.